The van der Waals surface area contributed by atoms with E-state index in [1.165, 1.54) is 42.7 Å². The van der Waals surface area contributed by atoms with Crippen molar-refractivity contribution in [2.24, 2.45) is 0 Å². The van der Waals surface area contributed by atoms with Gasteiger partial charge in [0, 0.05) is 4.47 Å². The van der Waals surface area contributed by atoms with Gasteiger partial charge in [-0.1, -0.05) is 28.1 Å². The smallest absolute Gasteiger partial charge is 0.272 e. The van der Waals surface area contributed by atoms with E-state index < -0.39 is 17.5 Å². The summed E-state index contributed by atoms with van der Waals surface area (Å²) in [7, 11) is 0. The molecule has 0 saturated carbocycles. The van der Waals surface area contributed by atoms with Gasteiger partial charge in [-0.05, 0) is 30.3 Å². The molecule has 0 aliphatic heterocycles. The number of hydrazine groups is 1. The van der Waals surface area contributed by atoms with Crippen molar-refractivity contribution >= 4 is 44.8 Å². The van der Waals surface area contributed by atoms with E-state index in [0.717, 1.165) is 0 Å². The highest BCUT2D eigenvalue weighted by atomic mass is 79.9. The van der Waals surface area contributed by atoms with Crippen LogP contribution in [0.1, 0.15) is 10.4 Å². The summed E-state index contributed by atoms with van der Waals surface area (Å²) >= 11 is 3.17. The predicted molar refractivity (Wildman–Crippen MR) is 101 cm³/mol. The second kappa shape index (κ2) is 7.96. The summed E-state index contributed by atoms with van der Waals surface area (Å²) in [6.07, 6.45) is 1.17. The van der Waals surface area contributed by atoms with E-state index in [1.807, 2.05) is 0 Å². The van der Waals surface area contributed by atoms with E-state index in [-0.39, 0.29) is 28.6 Å². The summed E-state index contributed by atoms with van der Waals surface area (Å²) < 4.78 is 28.2. The van der Waals surface area contributed by atoms with Crippen molar-refractivity contribution in [3.05, 3.63) is 70.5 Å². The van der Waals surface area contributed by atoms with E-state index in [4.69, 9.17) is 5.73 Å². The predicted octanol–water partition coefficient (Wildman–Crippen LogP) is 3.60. The van der Waals surface area contributed by atoms with Crippen molar-refractivity contribution in [3.63, 3.8) is 0 Å². The van der Waals surface area contributed by atoms with Crippen LogP contribution in [0.2, 0.25) is 0 Å². The first kappa shape index (κ1) is 18.5. The Morgan fingerprint density at radius 3 is 2.52 bits per heavy atom. The number of benzene rings is 2. The number of halogens is 3. The first-order valence-corrected chi connectivity index (χ1v) is 8.38. The molecule has 0 atom stereocenters. The van der Waals surface area contributed by atoms with Crippen LogP contribution < -0.4 is 21.9 Å². The number of nitrogen functional groups attached to an aromatic ring is 1. The van der Waals surface area contributed by atoms with Crippen molar-refractivity contribution in [2.75, 3.05) is 16.5 Å². The molecule has 2 aromatic carbocycles. The highest BCUT2D eigenvalue weighted by Gasteiger charge is 2.14. The summed E-state index contributed by atoms with van der Waals surface area (Å²) in [5.41, 5.74) is 10.8. The summed E-state index contributed by atoms with van der Waals surface area (Å²) in [6, 6.07) is 9.95. The van der Waals surface area contributed by atoms with Gasteiger partial charge in [-0.2, -0.15) is 0 Å². The molecule has 27 heavy (non-hydrogen) atoms. The first-order valence-electron chi connectivity index (χ1n) is 7.59. The molecule has 0 fully saturated rings. The van der Waals surface area contributed by atoms with Crippen molar-refractivity contribution in [3.8, 4) is 0 Å². The quantitative estimate of drug-likeness (QED) is 0.457. The molecular formula is C17H13BrF2N6O. The minimum absolute atomic E-state index is 0.0358. The number of hydrogen-bond donors (Lipinski definition) is 4. The maximum atomic E-state index is 14.0. The van der Waals surface area contributed by atoms with Crippen LogP contribution in [0.15, 0.2) is 53.3 Å². The first-order chi connectivity index (χ1) is 13.0. The van der Waals surface area contributed by atoms with Crippen LogP contribution >= 0.6 is 15.9 Å². The molecule has 0 aliphatic rings. The molecule has 10 heteroatoms. The topological polar surface area (TPSA) is 105 Å². The molecule has 0 saturated heterocycles. The van der Waals surface area contributed by atoms with Crippen molar-refractivity contribution < 1.29 is 13.6 Å². The number of hydrogen-bond acceptors (Lipinski definition) is 6. The van der Waals surface area contributed by atoms with E-state index >= 15 is 0 Å². The van der Waals surface area contributed by atoms with E-state index in [2.05, 4.69) is 42.1 Å². The normalized spacial score (nSPS) is 10.3. The van der Waals surface area contributed by atoms with E-state index in [1.54, 1.807) is 6.07 Å². The molecule has 0 spiro atoms. The fraction of sp³-hybridized carbons (Fsp3) is 0. The highest BCUT2D eigenvalue weighted by Crippen LogP contribution is 2.27. The SMILES string of the molecule is Nc1c(NNC(=O)c2ccccc2F)ncnc1Nc1ccc(Br)cc1F. The van der Waals surface area contributed by atoms with Gasteiger partial charge in [0.15, 0.2) is 11.6 Å². The summed E-state index contributed by atoms with van der Waals surface area (Å²) in [6.45, 7) is 0. The van der Waals surface area contributed by atoms with E-state index in [9.17, 15) is 13.6 Å². The number of aromatic nitrogens is 2. The largest absolute Gasteiger partial charge is 0.393 e. The lowest BCUT2D eigenvalue weighted by Gasteiger charge is -2.13. The van der Waals surface area contributed by atoms with E-state index in [0.29, 0.717) is 4.47 Å². The van der Waals surface area contributed by atoms with Crippen LogP contribution in [-0.4, -0.2) is 15.9 Å². The maximum Gasteiger partial charge on any atom is 0.272 e. The molecule has 0 bridgehead atoms. The van der Waals surface area contributed by atoms with Crippen LogP contribution in [-0.2, 0) is 0 Å². The molecule has 0 radical (unpaired) electrons. The second-order valence-electron chi connectivity index (χ2n) is 5.29. The van der Waals surface area contributed by atoms with Crippen LogP contribution in [0.4, 0.5) is 31.8 Å². The van der Waals surface area contributed by atoms with Crippen molar-refractivity contribution in [1.29, 1.82) is 0 Å². The van der Waals surface area contributed by atoms with Gasteiger partial charge in [-0.3, -0.25) is 15.6 Å². The maximum absolute atomic E-state index is 14.0. The minimum atomic E-state index is -0.709. The summed E-state index contributed by atoms with van der Waals surface area (Å²) in [5.74, 6) is -1.69. The molecule has 3 rings (SSSR count). The lowest BCUT2D eigenvalue weighted by Crippen LogP contribution is -2.31. The van der Waals surface area contributed by atoms with Crippen LogP contribution in [0, 0.1) is 11.6 Å². The highest BCUT2D eigenvalue weighted by molar-refractivity contribution is 9.10. The van der Waals surface area contributed by atoms with Gasteiger partial charge in [-0.15, -0.1) is 0 Å². The number of carbonyl (C=O) groups is 1. The van der Waals surface area contributed by atoms with Crippen LogP contribution in [0.25, 0.3) is 0 Å². The monoisotopic (exact) mass is 434 g/mol. The zero-order valence-corrected chi connectivity index (χ0v) is 15.2. The fourth-order valence-electron chi connectivity index (χ4n) is 2.14. The summed E-state index contributed by atoms with van der Waals surface area (Å²) in [4.78, 5) is 19.9. The Kier molecular flexibility index (Phi) is 5.46. The molecule has 1 amide bonds. The van der Waals surface area contributed by atoms with Crippen LogP contribution in [0.5, 0.6) is 0 Å². The number of amides is 1. The standard InChI is InChI=1S/C17H13BrF2N6O/c18-9-5-6-13(12(20)7-9)24-15-14(21)16(23-8-22-15)25-26-17(27)10-3-1-2-4-11(10)19/h1-8H,21H2,(H,26,27)(H2,22,23,24,25). The molecule has 0 aliphatic carbocycles. The molecule has 5 N–H and O–H groups in total. The molecule has 7 nitrogen and oxygen atoms in total. The number of anilines is 4. The molecule has 0 unspecified atom stereocenters. The van der Waals surface area contributed by atoms with Gasteiger partial charge in [0.2, 0.25) is 0 Å². The van der Waals surface area contributed by atoms with Gasteiger partial charge in [0.25, 0.3) is 5.91 Å². The Morgan fingerprint density at radius 1 is 1.04 bits per heavy atom. The molecular weight excluding hydrogens is 422 g/mol. The Bertz CT molecular complexity index is 1000. The molecule has 138 valence electrons. The zero-order chi connectivity index (χ0) is 19.4. The number of nitrogens with one attached hydrogen (secondary N) is 3. The molecule has 1 heterocycles. The molecule has 3 aromatic rings. The second-order valence-corrected chi connectivity index (χ2v) is 6.21. The van der Waals surface area contributed by atoms with Gasteiger partial charge >= 0.3 is 0 Å². The van der Waals surface area contributed by atoms with Gasteiger partial charge in [-0.25, -0.2) is 18.7 Å². The molecule has 1 aromatic heterocycles. The fourth-order valence-corrected chi connectivity index (χ4v) is 2.48. The number of nitrogens with two attached hydrogens (primary N) is 1. The number of rotatable bonds is 5. The minimum Gasteiger partial charge on any atom is -0.393 e. The third-order valence-electron chi connectivity index (χ3n) is 3.48. The number of nitrogens with zero attached hydrogens (tertiary/aromatic N) is 2. The zero-order valence-electron chi connectivity index (χ0n) is 13.6. The third kappa shape index (κ3) is 4.29. The Balaban J connectivity index is 1.75. The van der Waals surface area contributed by atoms with Gasteiger partial charge in [0.05, 0.1) is 11.3 Å². The summed E-state index contributed by atoms with van der Waals surface area (Å²) in [5, 5.41) is 2.75. The van der Waals surface area contributed by atoms with Crippen LogP contribution in [0.3, 0.4) is 0 Å². The Hall–Kier alpha value is -3.27. The van der Waals surface area contributed by atoms with Crippen molar-refractivity contribution in [1.82, 2.24) is 15.4 Å². The average Bonchev–Trinajstić information content (AvgIpc) is 2.64. The lowest BCUT2D eigenvalue weighted by atomic mass is 10.2. The lowest BCUT2D eigenvalue weighted by molar-refractivity contribution is 0.0958. The Morgan fingerprint density at radius 2 is 1.78 bits per heavy atom. The average molecular weight is 435 g/mol. The Labute approximate surface area is 161 Å². The van der Waals surface area contributed by atoms with Gasteiger partial charge < -0.3 is 11.1 Å². The number of carbonyl (C=O) groups excluding carboxylic acids is 1. The van der Waals surface area contributed by atoms with Crippen molar-refractivity contribution in [2.45, 2.75) is 0 Å². The van der Waals surface area contributed by atoms with Gasteiger partial charge in [0.1, 0.15) is 23.6 Å². The third-order valence-corrected chi connectivity index (χ3v) is 3.97.